The fourth-order valence-corrected chi connectivity index (χ4v) is 4.58. The van der Waals surface area contributed by atoms with Crippen LogP contribution >= 0.6 is 46.3 Å². The van der Waals surface area contributed by atoms with Crippen LogP contribution in [0.4, 0.5) is 5.13 Å². The molecule has 1 amide bonds. The van der Waals surface area contributed by atoms with Gasteiger partial charge in [0, 0.05) is 15.8 Å². The summed E-state index contributed by atoms with van der Waals surface area (Å²) in [5.74, 6) is 0.471. The number of hydrogen-bond donors (Lipinski definition) is 1. The molecule has 4 nitrogen and oxygen atoms in total. The van der Waals surface area contributed by atoms with Crippen LogP contribution in [-0.4, -0.2) is 16.1 Å². The van der Waals surface area contributed by atoms with Crippen LogP contribution < -0.4 is 5.32 Å². The lowest BCUT2D eigenvalue weighted by Gasteiger charge is -2.04. The maximum atomic E-state index is 12.0. The zero-order valence-corrected chi connectivity index (χ0v) is 16.1. The molecular formula is C17H13Cl2N3OS2. The molecule has 1 heterocycles. The highest BCUT2D eigenvalue weighted by Gasteiger charge is 2.11. The van der Waals surface area contributed by atoms with Gasteiger partial charge in [-0.2, -0.15) is 0 Å². The Morgan fingerprint density at radius 1 is 1.04 bits per heavy atom. The van der Waals surface area contributed by atoms with Crippen molar-refractivity contribution in [3.63, 3.8) is 0 Å². The lowest BCUT2D eigenvalue weighted by atomic mass is 10.1. The number of halogens is 2. The number of benzene rings is 2. The third-order valence-electron chi connectivity index (χ3n) is 3.26. The average molecular weight is 410 g/mol. The number of anilines is 1. The molecule has 0 fully saturated rings. The predicted molar refractivity (Wildman–Crippen MR) is 105 cm³/mol. The van der Waals surface area contributed by atoms with Gasteiger partial charge in [0.25, 0.3) is 0 Å². The minimum absolute atomic E-state index is 0.118. The first kappa shape index (κ1) is 18.2. The van der Waals surface area contributed by atoms with Gasteiger partial charge in [0.2, 0.25) is 11.0 Å². The Morgan fingerprint density at radius 2 is 1.76 bits per heavy atom. The highest BCUT2D eigenvalue weighted by atomic mass is 35.5. The molecule has 3 rings (SSSR count). The summed E-state index contributed by atoms with van der Waals surface area (Å²) in [5, 5.41) is 12.6. The number of thioether (sulfide) groups is 1. The smallest absolute Gasteiger partial charge is 0.230 e. The monoisotopic (exact) mass is 409 g/mol. The van der Waals surface area contributed by atoms with E-state index in [9.17, 15) is 4.79 Å². The van der Waals surface area contributed by atoms with Crippen LogP contribution in [0, 0.1) is 0 Å². The predicted octanol–water partition coefficient (Wildman–Crippen LogP) is 5.32. The van der Waals surface area contributed by atoms with E-state index in [1.54, 1.807) is 12.1 Å². The molecule has 1 N–H and O–H groups in total. The fourth-order valence-electron chi connectivity index (χ4n) is 2.07. The van der Waals surface area contributed by atoms with Crippen molar-refractivity contribution in [2.24, 2.45) is 0 Å². The van der Waals surface area contributed by atoms with Gasteiger partial charge in [-0.1, -0.05) is 82.7 Å². The molecule has 1 aromatic heterocycles. The van der Waals surface area contributed by atoms with E-state index in [0.717, 1.165) is 15.5 Å². The van der Waals surface area contributed by atoms with Gasteiger partial charge in [-0.15, -0.1) is 10.2 Å². The van der Waals surface area contributed by atoms with Gasteiger partial charge in [0.05, 0.1) is 6.42 Å². The van der Waals surface area contributed by atoms with Crippen LogP contribution in [0.25, 0.3) is 0 Å². The Kier molecular flexibility index (Phi) is 6.31. The molecular weight excluding hydrogens is 397 g/mol. The van der Waals surface area contributed by atoms with E-state index in [-0.39, 0.29) is 5.91 Å². The normalized spacial score (nSPS) is 10.6. The Hall–Kier alpha value is -1.60. The van der Waals surface area contributed by atoms with E-state index in [0.29, 0.717) is 27.4 Å². The largest absolute Gasteiger partial charge is 0.300 e. The summed E-state index contributed by atoms with van der Waals surface area (Å²) in [4.78, 5) is 12.0. The van der Waals surface area contributed by atoms with Crippen LogP contribution in [-0.2, 0) is 17.0 Å². The molecule has 0 bridgehead atoms. The number of amides is 1. The lowest BCUT2D eigenvalue weighted by molar-refractivity contribution is -0.115. The molecule has 0 atom stereocenters. The number of carbonyl (C=O) groups excluding carboxylic acids is 1. The van der Waals surface area contributed by atoms with Crippen molar-refractivity contribution in [3.8, 4) is 0 Å². The number of carbonyl (C=O) groups is 1. The number of hydrogen-bond acceptors (Lipinski definition) is 5. The topological polar surface area (TPSA) is 54.9 Å². The van der Waals surface area contributed by atoms with Crippen molar-refractivity contribution < 1.29 is 4.79 Å². The highest BCUT2D eigenvalue weighted by molar-refractivity contribution is 8.00. The van der Waals surface area contributed by atoms with Crippen molar-refractivity contribution in [1.29, 1.82) is 0 Å². The zero-order chi connectivity index (χ0) is 17.6. The first-order valence-corrected chi connectivity index (χ1v) is 9.90. The van der Waals surface area contributed by atoms with Crippen molar-refractivity contribution in [2.75, 3.05) is 5.32 Å². The minimum atomic E-state index is -0.118. The van der Waals surface area contributed by atoms with Crippen molar-refractivity contribution in [2.45, 2.75) is 16.5 Å². The van der Waals surface area contributed by atoms with Gasteiger partial charge in [-0.25, -0.2) is 0 Å². The standard InChI is InChI=1S/C17H13Cl2N3OS2/c18-13-7-4-8-14(19)12(13)10-24-17-22-21-16(25-17)20-15(23)9-11-5-2-1-3-6-11/h1-8H,9-10H2,(H,20,21,23). The van der Waals surface area contributed by atoms with Crippen LogP contribution in [0.1, 0.15) is 11.1 Å². The maximum Gasteiger partial charge on any atom is 0.230 e. The SMILES string of the molecule is O=C(Cc1ccccc1)Nc1nnc(SCc2c(Cl)cccc2Cl)s1. The lowest BCUT2D eigenvalue weighted by Crippen LogP contribution is -2.14. The molecule has 0 spiro atoms. The second-order valence-corrected chi connectivity index (χ2v) is 8.09. The molecule has 25 heavy (non-hydrogen) atoms. The van der Waals surface area contributed by atoms with E-state index in [1.165, 1.54) is 23.1 Å². The second-order valence-electron chi connectivity index (χ2n) is 5.07. The number of rotatable bonds is 6. The van der Waals surface area contributed by atoms with Crippen molar-refractivity contribution in [1.82, 2.24) is 10.2 Å². The summed E-state index contributed by atoms with van der Waals surface area (Å²) in [7, 11) is 0. The average Bonchev–Trinajstić information content (AvgIpc) is 3.02. The second kappa shape index (κ2) is 8.67. The summed E-state index contributed by atoms with van der Waals surface area (Å²) < 4.78 is 0.742. The number of nitrogens with one attached hydrogen (secondary N) is 1. The third-order valence-corrected chi connectivity index (χ3v) is 5.97. The molecule has 0 unspecified atom stereocenters. The van der Waals surface area contributed by atoms with E-state index in [4.69, 9.17) is 23.2 Å². The van der Waals surface area contributed by atoms with Crippen molar-refractivity contribution in [3.05, 3.63) is 69.7 Å². The summed E-state index contributed by atoms with van der Waals surface area (Å²) in [6, 6.07) is 15.0. The first-order valence-electron chi connectivity index (χ1n) is 7.35. The fraction of sp³-hybridized carbons (Fsp3) is 0.118. The van der Waals surface area contributed by atoms with Gasteiger partial charge in [-0.3, -0.25) is 4.79 Å². The Bertz CT molecular complexity index is 851. The molecule has 0 radical (unpaired) electrons. The summed E-state index contributed by atoms with van der Waals surface area (Å²) in [6.07, 6.45) is 0.304. The van der Waals surface area contributed by atoms with E-state index < -0.39 is 0 Å². The molecule has 0 aliphatic heterocycles. The molecule has 0 saturated carbocycles. The number of aromatic nitrogens is 2. The summed E-state index contributed by atoms with van der Waals surface area (Å²) >= 11 is 15.1. The van der Waals surface area contributed by atoms with Gasteiger partial charge in [-0.05, 0) is 23.3 Å². The molecule has 0 aliphatic rings. The first-order chi connectivity index (χ1) is 12.1. The van der Waals surface area contributed by atoms with Gasteiger partial charge in [0.1, 0.15) is 0 Å². The molecule has 8 heteroatoms. The van der Waals surface area contributed by atoms with Crippen LogP contribution in [0.2, 0.25) is 10.0 Å². The summed E-state index contributed by atoms with van der Waals surface area (Å²) in [5.41, 5.74) is 1.81. The zero-order valence-electron chi connectivity index (χ0n) is 12.9. The molecule has 0 aliphatic carbocycles. The number of nitrogens with zero attached hydrogens (tertiary/aromatic N) is 2. The Labute approximate surface area is 163 Å². The summed E-state index contributed by atoms with van der Waals surface area (Å²) in [6.45, 7) is 0. The van der Waals surface area contributed by atoms with Gasteiger partial charge < -0.3 is 5.32 Å². The van der Waals surface area contributed by atoms with Crippen molar-refractivity contribution >= 4 is 57.3 Å². The van der Waals surface area contributed by atoms with E-state index >= 15 is 0 Å². The quantitative estimate of drug-likeness (QED) is 0.442. The molecule has 3 aromatic rings. The maximum absolute atomic E-state index is 12.0. The van der Waals surface area contributed by atoms with E-state index in [1.807, 2.05) is 36.4 Å². The van der Waals surface area contributed by atoms with Crippen LogP contribution in [0.15, 0.2) is 52.9 Å². The van der Waals surface area contributed by atoms with E-state index in [2.05, 4.69) is 15.5 Å². The van der Waals surface area contributed by atoms with Crippen LogP contribution in [0.5, 0.6) is 0 Å². The molecule has 128 valence electrons. The van der Waals surface area contributed by atoms with Gasteiger partial charge in [0.15, 0.2) is 4.34 Å². The third kappa shape index (κ3) is 5.19. The highest BCUT2D eigenvalue weighted by Crippen LogP contribution is 2.33. The molecule has 2 aromatic carbocycles. The minimum Gasteiger partial charge on any atom is -0.300 e. The van der Waals surface area contributed by atoms with Crippen LogP contribution in [0.3, 0.4) is 0 Å². The molecule has 0 saturated heterocycles. The Morgan fingerprint density at radius 3 is 2.48 bits per heavy atom. The Balaban J connectivity index is 1.56. The van der Waals surface area contributed by atoms with Gasteiger partial charge >= 0.3 is 0 Å².